The van der Waals surface area contributed by atoms with E-state index in [0.29, 0.717) is 0 Å². The maximum Gasteiger partial charge on any atom is 0.258 e. The zero-order chi connectivity index (χ0) is 21.8. The molecule has 3 aromatic carbocycles. The van der Waals surface area contributed by atoms with Crippen molar-refractivity contribution in [2.24, 2.45) is 10.5 Å². The number of nitrogens with zero attached hydrogens (tertiary/aromatic N) is 2. The summed E-state index contributed by atoms with van der Waals surface area (Å²) in [5, 5.41) is 10.3. The van der Waals surface area contributed by atoms with Crippen molar-refractivity contribution in [1.29, 1.82) is 0 Å². The van der Waals surface area contributed by atoms with E-state index in [-0.39, 0.29) is 17.2 Å². The molecule has 0 aliphatic carbocycles. The van der Waals surface area contributed by atoms with Gasteiger partial charge in [-0.1, -0.05) is 85.2 Å². The highest BCUT2D eigenvalue weighted by atomic mass is 79.9. The van der Waals surface area contributed by atoms with Crippen LogP contribution in [-0.4, -0.2) is 11.6 Å². The van der Waals surface area contributed by atoms with Gasteiger partial charge in [-0.3, -0.25) is 4.79 Å². The Morgan fingerprint density at radius 1 is 0.968 bits per heavy atom. The molecule has 0 unspecified atom stereocenters. The fourth-order valence-electron chi connectivity index (χ4n) is 4.80. The smallest absolute Gasteiger partial charge is 0.258 e. The third-order valence-corrected chi connectivity index (χ3v) is 6.61. The molecule has 5 rings (SSSR count). The maximum absolute atomic E-state index is 14.0. The quantitative estimate of drug-likeness (QED) is 0.474. The van der Waals surface area contributed by atoms with Gasteiger partial charge in [0.25, 0.3) is 5.91 Å². The normalized spacial score (nSPS) is 22.5. The number of amides is 1. The van der Waals surface area contributed by atoms with Gasteiger partial charge in [0.1, 0.15) is 0 Å². The molecule has 3 aromatic rings. The topological polar surface area (TPSA) is 44.7 Å². The molecule has 5 heteroatoms. The average molecular weight is 474 g/mol. The molecule has 1 N–H and O–H groups in total. The molecule has 2 heterocycles. The number of fused-ring (bicyclic) bond motifs is 2. The number of carbonyl (C=O) groups excluding carboxylic acids is 1. The molecule has 0 fully saturated rings. The molecule has 0 aromatic heterocycles. The lowest BCUT2D eigenvalue weighted by Gasteiger charge is -2.38. The molecule has 1 amide bonds. The van der Waals surface area contributed by atoms with Crippen LogP contribution in [0.2, 0.25) is 0 Å². The van der Waals surface area contributed by atoms with Gasteiger partial charge in [-0.15, -0.1) is 0 Å². The van der Waals surface area contributed by atoms with Crippen molar-refractivity contribution in [1.82, 2.24) is 0 Å². The summed E-state index contributed by atoms with van der Waals surface area (Å²) < 4.78 is 0.936. The highest BCUT2D eigenvalue weighted by Crippen LogP contribution is 2.57. The molecule has 0 saturated heterocycles. The summed E-state index contributed by atoms with van der Waals surface area (Å²) in [6.45, 7) is 6.50. The van der Waals surface area contributed by atoms with Gasteiger partial charge in [0.2, 0.25) is 0 Å². The van der Waals surface area contributed by atoms with E-state index in [0.717, 1.165) is 32.7 Å². The van der Waals surface area contributed by atoms with Gasteiger partial charge in [0.15, 0.2) is 5.54 Å². The Bertz CT molecular complexity index is 1180. The van der Waals surface area contributed by atoms with E-state index in [1.54, 1.807) is 0 Å². The molecule has 0 saturated carbocycles. The minimum atomic E-state index is -1.01. The number of rotatable bonds is 2. The Hall–Kier alpha value is -2.92. The molecule has 156 valence electrons. The van der Waals surface area contributed by atoms with Crippen LogP contribution < -0.4 is 10.3 Å². The predicted molar refractivity (Wildman–Crippen MR) is 129 cm³/mol. The molecule has 2 aliphatic heterocycles. The van der Waals surface area contributed by atoms with Crippen LogP contribution in [0.1, 0.15) is 37.8 Å². The first-order valence-electron chi connectivity index (χ1n) is 10.4. The van der Waals surface area contributed by atoms with E-state index in [1.165, 1.54) is 0 Å². The lowest BCUT2D eigenvalue weighted by molar-refractivity contribution is -0.120. The summed E-state index contributed by atoms with van der Waals surface area (Å²) >= 11 is 3.63. The zero-order valence-corrected chi connectivity index (χ0v) is 19.3. The first-order chi connectivity index (χ1) is 14.8. The summed E-state index contributed by atoms with van der Waals surface area (Å²) in [6.07, 6.45) is 0. The second-order valence-electron chi connectivity index (χ2n) is 9.14. The summed E-state index contributed by atoms with van der Waals surface area (Å²) in [7, 11) is 0. The maximum atomic E-state index is 14.0. The number of anilines is 2. The van der Waals surface area contributed by atoms with Crippen LogP contribution >= 0.6 is 15.9 Å². The molecule has 0 bridgehead atoms. The monoisotopic (exact) mass is 473 g/mol. The Morgan fingerprint density at radius 2 is 1.61 bits per heavy atom. The number of hydrogen-bond acceptors (Lipinski definition) is 3. The van der Waals surface area contributed by atoms with Crippen LogP contribution in [0, 0.1) is 5.41 Å². The largest absolute Gasteiger partial charge is 0.323 e. The van der Waals surface area contributed by atoms with Crippen LogP contribution in [0.25, 0.3) is 0 Å². The van der Waals surface area contributed by atoms with Gasteiger partial charge in [0.05, 0.1) is 17.3 Å². The Labute approximate surface area is 191 Å². The van der Waals surface area contributed by atoms with Crippen LogP contribution in [0.15, 0.2) is 88.4 Å². The fraction of sp³-hybridized carbons (Fsp3) is 0.231. The second-order valence-corrected chi connectivity index (χ2v) is 10.1. The molecular weight excluding hydrogens is 450 g/mol. The van der Waals surface area contributed by atoms with Crippen LogP contribution in [0.4, 0.5) is 11.4 Å². The standard InChI is InChI=1S/C26H24BrN3O/c1-25(2,3)23-22(17-10-6-4-7-11-17)26(30(29-23)19-12-8-5-9-13-19)20-16-18(27)14-15-21(20)28-24(26)31/h4-16,22H,1-3H3,(H,28,31)/t22-,26-/m0/s1. The van der Waals surface area contributed by atoms with E-state index in [1.807, 2.05) is 65.7 Å². The summed E-state index contributed by atoms with van der Waals surface area (Å²) in [5.41, 5.74) is 3.50. The van der Waals surface area contributed by atoms with Crippen molar-refractivity contribution in [2.75, 3.05) is 10.3 Å². The fourth-order valence-corrected chi connectivity index (χ4v) is 5.16. The Morgan fingerprint density at radius 3 is 2.26 bits per heavy atom. The average Bonchev–Trinajstić information content (AvgIpc) is 3.26. The lowest BCUT2D eigenvalue weighted by Crippen LogP contribution is -2.51. The lowest BCUT2D eigenvalue weighted by atomic mass is 9.68. The molecule has 2 atom stereocenters. The highest BCUT2D eigenvalue weighted by Gasteiger charge is 2.63. The summed E-state index contributed by atoms with van der Waals surface area (Å²) in [6, 6.07) is 26.2. The summed E-state index contributed by atoms with van der Waals surface area (Å²) in [5.74, 6) is -0.286. The third-order valence-electron chi connectivity index (χ3n) is 6.12. The van der Waals surface area contributed by atoms with Crippen molar-refractivity contribution in [3.05, 3.63) is 94.5 Å². The number of hydrogen-bond donors (Lipinski definition) is 1. The van der Waals surface area contributed by atoms with E-state index >= 15 is 0 Å². The van der Waals surface area contributed by atoms with Crippen LogP contribution in [0.5, 0.6) is 0 Å². The van der Waals surface area contributed by atoms with Gasteiger partial charge in [0, 0.05) is 21.1 Å². The van der Waals surface area contributed by atoms with Crippen molar-refractivity contribution in [2.45, 2.75) is 32.2 Å². The molecule has 4 nitrogen and oxygen atoms in total. The van der Waals surface area contributed by atoms with Gasteiger partial charge in [-0.25, -0.2) is 5.01 Å². The van der Waals surface area contributed by atoms with E-state index in [9.17, 15) is 4.79 Å². The van der Waals surface area contributed by atoms with E-state index < -0.39 is 5.54 Å². The van der Waals surface area contributed by atoms with Gasteiger partial charge >= 0.3 is 0 Å². The summed E-state index contributed by atoms with van der Waals surface area (Å²) in [4.78, 5) is 14.0. The number of para-hydroxylation sites is 1. The second kappa shape index (κ2) is 7.06. The molecular formula is C26H24BrN3O. The van der Waals surface area contributed by atoms with E-state index in [4.69, 9.17) is 5.10 Å². The Kier molecular flexibility index (Phi) is 4.56. The van der Waals surface area contributed by atoms with Crippen molar-refractivity contribution in [3.63, 3.8) is 0 Å². The molecule has 1 spiro atoms. The minimum Gasteiger partial charge on any atom is -0.323 e. The minimum absolute atomic E-state index is 0.0543. The van der Waals surface area contributed by atoms with Crippen molar-refractivity contribution >= 4 is 38.9 Å². The number of benzene rings is 3. The predicted octanol–water partition coefficient (Wildman–Crippen LogP) is 6.30. The third kappa shape index (κ3) is 2.94. The van der Waals surface area contributed by atoms with Crippen LogP contribution in [-0.2, 0) is 10.3 Å². The Balaban J connectivity index is 1.87. The molecule has 2 aliphatic rings. The zero-order valence-electron chi connectivity index (χ0n) is 17.8. The number of nitrogens with one attached hydrogen (secondary N) is 1. The highest BCUT2D eigenvalue weighted by molar-refractivity contribution is 9.10. The first kappa shape index (κ1) is 20.0. The van der Waals surface area contributed by atoms with Gasteiger partial charge in [-0.05, 0) is 35.9 Å². The van der Waals surface area contributed by atoms with Crippen molar-refractivity contribution < 1.29 is 4.79 Å². The number of halogens is 1. The number of carbonyl (C=O) groups is 1. The van der Waals surface area contributed by atoms with E-state index in [2.05, 4.69) is 60.2 Å². The van der Waals surface area contributed by atoms with Crippen molar-refractivity contribution in [3.8, 4) is 0 Å². The van der Waals surface area contributed by atoms with Crippen LogP contribution in [0.3, 0.4) is 0 Å². The molecule has 31 heavy (non-hydrogen) atoms. The first-order valence-corrected chi connectivity index (χ1v) is 11.2. The van der Waals surface area contributed by atoms with Gasteiger partial charge in [-0.2, -0.15) is 5.10 Å². The number of hydrazone groups is 1. The molecule has 0 radical (unpaired) electrons. The SMILES string of the molecule is CC(C)(C)C1=NN(c2ccccc2)[C@]2(C(=O)Nc3ccc(Br)cc32)[C@H]1c1ccccc1. The van der Waals surface area contributed by atoms with Gasteiger partial charge < -0.3 is 5.32 Å².